The van der Waals surface area contributed by atoms with Gasteiger partial charge in [0, 0.05) is 18.7 Å². The van der Waals surface area contributed by atoms with Gasteiger partial charge in [0.05, 0.1) is 22.3 Å². The van der Waals surface area contributed by atoms with Crippen molar-refractivity contribution in [3.63, 3.8) is 0 Å². The quantitative estimate of drug-likeness (QED) is 0.409. The zero-order chi connectivity index (χ0) is 19.3. The Morgan fingerprint density at radius 3 is 1.92 bits per heavy atom. The summed E-state index contributed by atoms with van der Waals surface area (Å²) in [6.45, 7) is 1.26. The van der Waals surface area contributed by atoms with Crippen LogP contribution in [0.4, 0.5) is 26.3 Å². The molecule has 0 bridgehead atoms. The minimum absolute atomic E-state index is 0.0878. The van der Waals surface area contributed by atoms with E-state index < -0.39 is 23.5 Å². The van der Waals surface area contributed by atoms with Gasteiger partial charge in [0.2, 0.25) is 0 Å². The maximum atomic E-state index is 13.0. The maximum Gasteiger partial charge on any atom is 0.416 e. The van der Waals surface area contributed by atoms with Gasteiger partial charge >= 0.3 is 12.4 Å². The highest BCUT2D eigenvalue weighted by molar-refractivity contribution is 5.98. The molecule has 136 valence electrons. The highest BCUT2D eigenvalue weighted by atomic mass is 19.4. The fraction of sp³-hybridized carbons (Fsp3) is 0.167. The Morgan fingerprint density at radius 1 is 0.846 bits per heavy atom. The van der Waals surface area contributed by atoms with Crippen molar-refractivity contribution >= 4 is 11.3 Å². The van der Waals surface area contributed by atoms with Crippen molar-refractivity contribution in [2.75, 3.05) is 0 Å². The fourth-order valence-corrected chi connectivity index (χ4v) is 2.72. The average Bonchev–Trinajstić information content (AvgIpc) is 2.92. The molecule has 0 aliphatic rings. The molecule has 0 saturated heterocycles. The molecule has 0 N–H and O–H groups in total. The summed E-state index contributed by atoms with van der Waals surface area (Å²) in [5.74, 6) is -0.377. The number of benzene rings is 1. The second-order valence-corrected chi connectivity index (χ2v) is 5.74. The molecule has 0 amide bonds. The molecule has 0 aliphatic heterocycles. The van der Waals surface area contributed by atoms with E-state index in [1.54, 1.807) is 0 Å². The minimum Gasteiger partial charge on any atom is -0.313 e. The van der Waals surface area contributed by atoms with Gasteiger partial charge in [-0.3, -0.25) is 4.79 Å². The van der Waals surface area contributed by atoms with Crippen molar-refractivity contribution in [2.45, 2.75) is 19.3 Å². The minimum atomic E-state index is -4.58. The molecule has 0 fully saturated rings. The molecule has 0 aliphatic carbocycles. The predicted octanol–water partition coefficient (Wildman–Crippen LogP) is 5.85. The Kier molecular flexibility index (Phi) is 4.09. The van der Waals surface area contributed by atoms with E-state index >= 15 is 0 Å². The van der Waals surface area contributed by atoms with Crippen LogP contribution in [0.15, 0.2) is 48.7 Å². The van der Waals surface area contributed by atoms with Crippen molar-refractivity contribution in [1.29, 1.82) is 0 Å². The zero-order valence-electron chi connectivity index (χ0n) is 13.2. The lowest BCUT2D eigenvalue weighted by molar-refractivity contribution is -0.138. The summed E-state index contributed by atoms with van der Waals surface area (Å²) in [5, 5.41) is 0. The van der Waals surface area contributed by atoms with Gasteiger partial charge in [-0.1, -0.05) is 12.1 Å². The summed E-state index contributed by atoms with van der Waals surface area (Å²) in [7, 11) is 0. The van der Waals surface area contributed by atoms with Crippen LogP contribution in [0.5, 0.6) is 0 Å². The van der Waals surface area contributed by atoms with Crippen molar-refractivity contribution < 1.29 is 31.1 Å². The molecule has 0 unspecified atom stereocenters. The number of halogens is 6. The molecule has 1 aromatic carbocycles. The summed E-state index contributed by atoms with van der Waals surface area (Å²) in [4.78, 5) is 11.8. The number of alkyl halides is 6. The summed E-state index contributed by atoms with van der Waals surface area (Å²) in [6.07, 6.45) is -7.97. The molecule has 8 heteroatoms. The molecule has 0 radical (unpaired) electrons. The zero-order valence-corrected chi connectivity index (χ0v) is 13.2. The number of aromatic nitrogens is 1. The number of fused-ring (bicyclic) bond motifs is 1. The number of hydrogen-bond acceptors (Lipinski definition) is 1. The first kappa shape index (κ1) is 18.0. The van der Waals surface area contributed by atoms with Crippen LogP contribution < -0.4 is 0 Å². The van der Waals surface area contributed by atoms with Crippen LogP contribution in [0.1, 0.15) is 28.5 Å². The number of Topliss-reactive ketones (excluding diaryl/α,β-unsaturated/α-hetero) is 1. The summed E-state index contributed by atoms with van der Waals surface area (Å²) >= 11 is 0. The van der Waals surface area contributed by atoms with Gasteiger partial charge in [-0.15, -0.1) is 0 Å². The second-order valence-electron chi connectivity index (χ2n) is 5.74. The third-order valence-corrected chi connectivity index (χ3v) is 3.98. The number of rotatable bonds is 2. The van der Waals surface area contributed by atoms with Gasteiger partial charge in [0.15, 0.2) is 5.78 Å². The maximum absolute atomic E-state index is 13.0. The van der Waals surface area contributed by atoms with Crippen LogP contribution in [-0.2, 0) is 12.4 Å². The van der Waals surface area contributed by atoms with E-state index in [-0.39, 0.29) is 28.1 Å². The second kappa shape index (κ2) is 5.89. The van der Waals surface area contributed by atoms with Crippen molar-refractivity contribution in [3.8, 4) is 11.1 Å². The molecule has 2 heterocycles. The van der Waals surface area contributed by atoms with Gasteiger partial charge < -0.3 is 4.40 Å². The number of carbonyl (C=O) groups is 1. The highest BCUT2D eigenvalue weighted by Gasteiger charge is 2.32. The van der Waals surface area contributed by atoms with Crippen LogP contribution in [0.2, 0.25) is 0 Å². The molecule has 0 atom stereocenters. The monoisotopic (exact) mass is 371 g/mol. The molecule has 3 rings (SSSR count). The van der Waals surface area contributed by atoms with E-state index in [4.69, 9.17) is 0 Å². The first-order valence-corrected chi connectivity index (χ1v) is 7.39. The van der Waals surface area contributed by atoms with Gasteiger partial charge in [0.1, 0.15) is 0 Å². The van der Waals surface area contributed by atoms with E-state index in [2.05, 4.69) is 0 Å². The van der Waals surface area contributed by atoms with Crippen LogP contribution in [0, 0.1) is 0 Å². The van der Waals surface area contributed by atoms with Gasteiger partial charge in [-0.25, -0.2) is 0 Å². The van der Waals surface area contributed by atoms with E-state index in [9.17, 15) is 31.1 Å². The Morgan fingerprint density at radius 2 is 1.42 bits per heavy atom. The fourth-order valence-electron chi connectivity index (χ4n) is 2.72. The molecular weight excluding hydrogens is 360 g/mol. The molecular formula is C18H11F6NO. The molecule has 0 saturated carbocycles. The van der Waals surface area contributed by atoms with Crippen LogP contribution in [-0.4, -0.2) is 10.2 Å². The third-order valence-electron chi connectivity index (χ3n) is 3.98. The topological polar surface area (TPSA) is 21.5 Å². The first-order valence-electron chi connectivity index (χ1n) is 7.39. The molecule has 2 nitrogen and oxygen atoms in total. The third kappa shape index (κ3) is 3.18. The SMILES string of the molecule is CC(=O)c1cc(-c2ccc(C(F)(F)F)cc2)c2cc(C(F)(F)F)ccn12. The van der Waals surface area contributed by atoms with E-state index in [0.29, 0.717) is 0 Å². The number of carbonyl (C=O) groups excluding carboxylic acids is 1. The lowest BCUT2D eigenvalue weighted by Crippen LogP contribution is -2.06. The summed E-state index contributed by atoms with van der Waals surface area (Å²) in [6, 6.07) is 7.13. The number of ketones is 1. The van der Waals surface area contributed by atoms with Gasteiger partial charge in [-0.05, 0) is 35.9 Å². The molecule has 3 aromatic rings. The smallest absolute Gasteiger partial charge is 0.313 e. The van der Waals surface area contributed by atoms with Gasteiger partial charge in [0.25, 0.3) is 0 Å². The van der Waals surface area contributed by atoms with E-state index in [1.165, 1.54) is 29.5 Å². The average molecular weight is 371 g/mol. The molecule has 26 heavy (non-hydrogen) atoms. The number of hydrogen-bond donors (Lipinski definition) is 0. The number of nitrogens with zero attached hydrogens (tertiary/aromatic N) is 1. The van der Waals surface area contributed by atoms with Crippen LogP contribution in [0.25, 0.3) is 16.6 Å². The lowest BCUT2D eigenvalue weighted by Gasteiger charge is -2.09. The van der Waals surface area contributed by atoms with E-state index in [1.807, 2.05) is 0 Å². The Balaban J connectivity index is 2.22. The predicted molar refractivity (Wildman–Crippen MR) is 82.8 cm³/mol. The van der Waals surface area contributed by atoms with Gasteiger partial charge in [-0.2, -0.15) is 26.3 Å². The standard InChI is InChI=1S/C18H11F6NO/c1-10(26)15-9-14(11-2-4-12(5-3-11)17(19,20)21)16-8-13(18(22,23)24)6-7-25(15)16/h2-9H,1H3. The lowest BCUT2D eigenvalue weighted by atomic mass is 10.0. The highest BCUT2D eigenvalue weighted by Crippen LogP contribution is 2.36. The van der Waals surface area contributed by atoms with Crippen LogP contribution >= 0.6 is 0 Å². The Hall–Kier alpha value is -2.77. The summed E-state index contributed by atoms with van der Waals surface area (Å²) < 4.78 is 78.4. The van der Waals surface area contributed by atoms with Crippen molar-refractivity contribution in [2.24, 2.45) is 0 Å². The molecule has 0 spiro atoms. The largest absolute Gasteiger partial charge is 0.416 e. The Labute approximate surface area is 143 Å². The Bertz CT molecular complexity index is 980. The number of pyridine rings is 1. The first-order chi connectivity index (χ1) is 12.0. The normalized spacial score (nSPS) is 12.6. The van der Waals surface area contributed by atoms with Crippen molar-refractivity contribution in [1.82, 2.24) is 4.40 Å². The van der Waals surface area contributed by atoms with Crippen molar-refractivity contribution in [3.05, 3.63) is 65.5 Å². The van der Waals surface area contributed by atoms with Crippen LogP contribution in [0.3, 0.4) is 0 Å². The van der Waals surface area contributed by atoms with E-state index in [0.717, 1.165) is 30.5 Å². The summed E-state index contributed by atoms with van der Waals surface area (Å²) in [5.41, 5.74) is -1.02. The molecule has 2 aromatic heterocycles.